The van der Waals surface area contributed by atoms with Crippen molar-refractivity contribution in [2.24, 2.45) is 0 Å². The molecule has 3 aromatic rings. The molecule has 0 unspecified atom stereocenters. The van der Waals surface area contributed by atoms with Crippen LogP contribution in [-0.2, 0) is 6.54 Å². The van der Waals surface area contributed by atoms with Gasteiger partial charge in [0.25, 0.3) is 0 Å². The molecule has 96 valence electrons. The largest absolute Gasteiger partial charge is 0.377 e. The highest BCUT2D eigenvalue weighted by atomic mass is 35.5. The van der Waals surface area contributed by atoms with Gasteiger partial charge in [-0.3, -0.25) is 0 Å². The Morgan fingerprint density at radius 3 is 2.95 bits per heavy atom. The van der Waals surface area contributed by atoms with Gasteiger partial charge in [0.1, 0.15) is 10.7 Å². The lowest BCUT2D eigenvalue weighted by molar-refractivity contribution is 0.879. The van der Waals surface area contributed by atoms with Crippen molar-refractivity contribution in [3.63, 3.8) is 0 Å². The van der Waals surface area contributed by atoms with Crippen molar-refractivity contribution >= 4 is 28.6 Å². The summed E-state index contributed by atoms with van der Waals surface area (Å²) in [5.41, 5.74) is 1.79. The van der Waals surface area contributed by atoms with Crippen molar-refractivity contribution in [1.29, 1.82) is 0 Å². The summed E-state index contributed by atoms with van der Waals surface area (Å²) in [5, 5.41) is 11.2. The highest BCUT2D eigenvalue weighted by Gasteiger charge is 2.09. The van der Waals surface area contributed by atoms with Crippen LogP contribution in [0, 0.1) is 0 Å². The Kier molecular flexibility index (Phi) is 3.48. The van der Waals surface area contributed by atoms with Crippen molar-refractivity contribution in [2.45, 2.75) is 6.54 Å². The van der Waals surface area contributed by atoms with Gasteiger partial charge in [0.05, 0.1) is 17.3 Å². The van der Waals surface area contributed by atoms with E-state index in [4.69, 9.17) is 11.6 Å². The van der Waals surface area contributed by atoms with E-state index in [2.05, 4.69) is 15.4 Å². The zero-order chi connectivity index (χ0) is 13.1. The maximum Gasteiger partial charge on any atom is 0.112 e. The van der Waals surface area contributed by atoms with E-state index in [1.165, 1.54) is 0 Å². The molecule has 0 amide bonds. The smallest absolute Gasteiger partial charge is 0.112 e. The molecule has 1 aromatic carbocycles. The highest BCUT2D eigenvalue weighted by molar-refractivity contribution is 7.09. The fourth-order valence-corrected chi connectivity index (χ4v) is 2.62. The first-order valence-electron chi connectivity index (χ1n) is 5.75. The number of benzene rings is 1. The van der Waals surface area contributed by atoms with E-state index in [-0.39, 0.29) is 0 Å². The summed E-state index contributed by atoms with van der Waals surface area (Å²) in [7, 11) is 0. The minimum atomic E-state index is 0.660. The zero-order valence-corrected chi connectivity index (χ0v) is 11.5. The molecule has 0 bridgehead atoms. The van der Waals surface area contributed by atoms with Gasteiger partial charge in [0.2, 0.25) is 0 Å². The number of aromatic nitrogens is 3. The van der Waals surface area contributed by atoms with Crippen LogP contribution in [0.3, 0.4) is 0 Å². The van der Waals surface area contributed by atoms with Crippen molar-refractivity contribution in [2.75, 3.05) is 5.32 Å². The Morgan fingerprint density at radius 1 is 1.26 bits per heavy atom. The lowest BCUT2D eigenvalue weighted by atomic mass is 10.2. The van der Waals surface area contributed by atoms with E-state index in [1.54, 1.807) is 28.4 Å². The molecular weight excluding hydrogens is 280 g/mol. The lowest BCUT2D eigenvalue weighted by Crippen LogP contribution is -2.05. The maximum absolute atomic E-state index is 6.27. The molecule has 0 aliphatic rings. The third kappa shape index (κ3) is 2.62. The normalized spacial score (nSPS) is 10.6. The first-order valence-corrected chi connectivity index (χ1v) is 7.01. The maximum atomic E-state index is 6.27. The van der Waals surface area contributed by atoms with E-state index in [0.717, 1.165) is 16.4 Å². The van der Waals surface area contributed by atoms with Crippen molar-refractivity contribution < 1.29 is 0 Å². The minimum absolute atomic E-state index is 0.660. The molecule has 19 heavy (non-hydrogen) atoms. The second-order valence-corrected chi connectivity index (χ2v) is 5.25. The van der Waals surface area contributed by atoms with Gasteiger partial charge in [-0.15, -0.1) is 11.3 Å². The summed E-state index contributed by atoms with van der Waals surface area (Å²) in [4.78, 5) is 4.25. The predicted octanol–water partition coefficient (Wildman–Crippen LogP) is 3.59. The third-order valence-electron chi connectivity index (χ3n) is 2.63. The quantitative estimate of drug-likeness (QED) is 0.798. The average Bonchev–Trinajstić information content (AvgIpc) is 3.09. The SMILES string of the molecule is Clc1cccc(NCc2nccs2)c1-n1cccn1. The zero-order valence-electron chi connectivity index (χ0n) is 9.95. The van der Waals surface area contributed by atoms with Gasteiger partial charge in [-0.1, -0.05) is 17.7 Å². The summed E-state index contributed by atoms with van der Waals surface area (Å²) in [6.07, 6.45) is 5.40. The number of hydrogen-bond acceptors (Lipinski definition) is 4. The first-order chi connectivity index (χ1) is 9.34. The number of nitrogens with zero attached hydrogens (tertiary/aromatic N) is 3. The Bertz CT molecular complexity index is 649. The van der Waals surface area contributed by atoms with Crippen LogP contribution in [0.4, 0.5) is 5.69 Å². The molecule has 3 rings (SSSR count). The molecule has 0 fully saturated rings. The molecule has 1 N–H and O–H groups in total. The molecular formula is C13H11ClN4S. The van der Waals surface area contributed by atoms with Crippen LogP contribution in [0.1, 0.15) is 5.01 Å². The molecule has 0 saturated carbocycles. The molecule has 0 atom stereocenters. The van der Waals surface area contributed by atoms with Gasteiger partial charge in [-0.25, -0.2) is 9.67 Å². The van der Waals surface area contributed by atoms with E-state index in [0.29, 0.717) is 11.6 Å². The Hall–Kier alpha value is -1.85. The van der Waals surface area contributed by atoms with Crippen LogP contribution in [0.15, 0.2) is 48.2 Å². The van der Waals surface area contributed by atoms with Gasteiger partial charge >= 0.3 is 0 Å². The molecule has 2 heterocycles. The summed E-state index contributed by atoms with van der Waals surface area (Å²) < 4.78 is 1.76. The lowest BCUT2D eigenvalue weighted by Gasteiger charge is -2.12. The topological polar surface area (TPSA) is 42.7 Å². The standard InChI is InChI=1S/C13H11ClN4S/c14-10-3-1-4-11(13(10)18-7-2-5-17-18)16-9-12-15-6-8-19-12/h1-8,16H,9H2. The first kappa shape index (κ1) is 12.2. The predicted molar refractivity (Wildman–Crippen MR) is 78.0 cm³/mol. The summed E-state index contributed by atoms with van der Waals surface area (Å²) >= 11 is 7.89. The van der Waals surface area contributed by atoms with Gasteiger partial charge in [-0.2, -0.15) is 5.10 Å². The average molecular weight is 291 g/mol. The highest BCUT2D eigenvalue weighted by Crippen LogP contribution is 2.28. The van der Waals surface area contributed by atoms with Gasteiger partial charge in [0.15, 0.2) is 0 Å². The van der Waals surface area contributed by atoms with Crippen LogP contribution in [0.5, 0.6) is 0 Å². The minimum Gasteiger partial charge on any atom is -0.377 e. The van der Waals surface area contributed by atoms with E-state index in [1.807, 2.05) is 35.8 Å². The number of nitrogens with one attached hydrogen (secondary N) is 1. The molecule has 0 spiro atoms. The van der Waals surface area contributed by atoms with E-state index in [9.17, 15) is 0 Å². The van der Waals surface area contributed by atoms with E-state index < -0.39 is 0 Å². The van der Waals surface area contributed by atoms with Crippen LogP contribution >= 0.6 is 22.9 Å². The third-order valence-corrected chi connectivity index (χ3v) is 3.72. The van der Waals surface area contributed by atoms with Crippen LogP contribution in [0.2, 0.25) is 5.02 Å². The van der Waals surface area contributed by atoms with Gasteiger partial charge in [-0.05, 0) is 18.2 Å². The van der Waals surface area contributed by atoms with Crippen LogP contribution in [-0.4, -0.2) is 14.8 Å². The molecule has 0 radical (unpaired) electrons. The fourth-order valence-electron chi connectivity index (χ4n) is 1.80. The Morgan fingerprint density at radius 2 is 2.21 bits per heavy atom. The van der Waals surface area contributed by atoms with E-state index >= 15 is 0 Å². The second kappa shape index (κ2) is 5.42. The Balaban J connectivity index is 1.91. The number of hydrogen-bond donors (Lipinski definition) is 1. The van der Waals surface area contributed by atoms with Gasteiger partial charge in [0, 0.05) is 24.0 Å². The molecule has 2 aromatic heterocycles. The van der Waals surface area contributed by atoms with Crippen molar-refractivity contribution in [3.05, 3.63) is 58.3 Å². The number of rotatable bonds is 4. The number of para-hydroxylation sites is 1. The summed E-state index contributed by atoms with van der Waals surface area (Å²) in [6, 6.07) is 7.62. The second-order valence-electron chi connectivity index (χ2n) is 3.87. The van der Waals surface area contributed by atoms with Crippen molar-refractivity contribution in [1.82, 2.24) is 14.8 Å². The number of anilines is 1. The van der Waals surface area contributed by atoms with Crippen molar-refractivity contribution in [3.8, 4) is 5.69 Å². The molecule has 0 saturated heterocycles. The number of halogens is 1. The van der Waals surface area contributed by atoms with Crippen LogP contribution < -0.4 is 5.32 Å². The molecule has 4 nitrogen and oxygen atoms in total. The summed E-state index contributed by atoms with van der Waals surface area (Å²) in [6.45, 7) is 0.673. The molecule has 6 heteroatoms. The fraction of sp³-hybridized carbons (Fsp3) is 0.0769. The van der Waals surface area contributed by atoms with Gasteiger partial charge < -0.3 is 5.32 Å². The Labute approximate surface area is 119 Å². The monoisotopic (exact) mass is 290 g/mol. The number of thiazole rings is 1. The molecule has 0 aliphatic carbocycles. The van der Waals surface area contributed by atoms with Crippen LogP contribution in [0.25, 0.3) is 5.69 Å². The summed E-state index contributed by atoms with van der Waals surface area (Å²) in [5.74, 6) is 0. The molecule has 0 aliphatic heterocycles.